The lowest BCUT2D eigenvalue weighted by Gasteiger charge is -2.07. The summed E-state index contributed by atoms with van der Waals surface area (Å²) in [6.07, 6.45) is 3.76. The minimum Gasteiger partial charge on any atom is -0.478 e. The lowest BCUT2D eigenvalue weighted by Crippen LogP contribution is -2.17. The first-order valence-corrected chi connectivity index (χ1v) is 6.92. The molecule has 0 unspecified atom stereocenters. The molecule has 20 heavy (non-hydrogen) atoms. The molecule has 2 N–H and O–H groups in total. The Morgan fingerprint density at radius 3 is 2.40 bits per heavy atom. The molecule has 8 nitrogen and oxygen atoms in total. The molecule has 9 heteroatoms. The zero-order valence-corrected chi connectivity index (χ0v) is 11.4. The Labute approximate surface area is 114 Å². The van der Waals surface area contributed by atoms with Gasteiger partial charge in [-0.25, -0.2) is 23.2 Å². The Morgan fingerprint density at radius 1 is 1.25 bits per heavy atom. The molecule has 0 aliphatic heterocycles. The lowest BCUT2D eigenvalue weighted by molar-refractivity contribution is 0.0691. The van der Waals surface area contributed by atoms with Gasteiger partial charge in [0.15, 0.2) is 0 Å². The molecule has 2 aromatic heterocycles. The summed E-state index contributed by atoms with van der Waals surface area (Å²) in [6.45, 7) is 2.77. The summed E-state index contributed by atoms with van der Waals surface area (Å²) in [5.74, 6) is -1.34. The van der Waals surface area contributed by atoms with E-state index in [1.165, 1.54) is 32.6 Å². The number of carboxylic acid groups (broad SMARTS) is 1. The quantitative estimate of drug-likeness (QED) is 0.868. The second-order valence-corrected chi connectivity index (χ2v) is 5.58. The second kappa shape index (κ2) is 4.93. The van der Waals surface area contributed by atoms with E-state index in [0.717, 1.165) is 0 Å². The van der Waals surface area contributed by atoms with Crippen molar-refractivity contribution in [3.05, 3.63) is 35.8 Å². The molecule has 2 rings (SSSR count). The van der Waals surface area contributed by atoms with Gasteiger partial charge in [-0.1, -0.05) is 0 Å². The summed E-state index contributed by atoms with van der Waals surface area (Å²) in [4.78, 5) is 18.1. The minimum atomic E-state index is -4.10. The van der Waals surface area contributed by atoms with Crippen molar-refractivity contribution in [3.8, 4) is 0 Å². The molecule has 0 spiro atoms. The van der Waals surface area contributed by atoms with E-state index in [2.05, 4.69) is 14.7 Å². The van der Waals surface area contributed by atoms with Crippen LogP contribution in [0.2, 0.25) is 0 Å². The number of carboxylic acids is 1. The smallest absolute Gasteiger partial charge is 0.340 e. The number of sulfonamides is 1. The SMILES string of the molecule is Cc1oc(C)c(S(=O)(=O)Nc2cncnc2)c1C(=O)O. The number of aromatic nitrogens is 2. The maximum Gasteiger partial charge on any atom is 0.340 e. The monoisotopic (exact) mass is 297 g/mol. The fraction of sp³-hybridized carbons (Fsp3) is 0.182. The Bertz CT molecular complexity index is 752. The molecular weight excluding hydrogens is 286 g/mol. The predicted octanol–water partition coefficient (Wildman–Crippen LogP) is 1.19. The molecular formula is C11H11N3O5S. The standard InChI is InChI=1S/C11H11N3O5S/c1-6-9(11(15)16)10(7(2)19-6)20(17,18)14-8-3-12-5-13-4-8/h3-5,14H,1-2H3,(H,15,16). The van der Waals surface area contributed by atoms with Gasteiger partial charge in [-0.15, -0.1) is 0 Å². The van der Waals surface area contributed by atoms with Crippen molar-refractivity contribution in [2.24, 2.45) is 0 Å². The van der Waals surface area contributed by atoms with Gasteiger partial charge in [0.05, 0.1) is 18.1 Å². The summed E-state index contributed by atoms with van der Waals surface area (Å²) in [7, 11) is -4.10. The van der Waals surface area contributed by atoms with Crippen molar-refractivity contribution in [3.63, 3.8) is 0 Å². The molecule has 0 aromatic carbocycles. The first-order chi connectivity index (χ1) is 9.33. The highest BCUT2D eigenvalue weighted by Crippen LogP contribution is 2.28. The van der Waals surface area contributed by atoms with E-state index in [9.17, 15) is 13.2 Å². The Morgan fingerprint density at radius 2 is 1.85 bits per heavy atom. The number of aryl methyl sites for hydroxylation is 2. The average Bonchev–Trinajstić information content (AvgIpc) is 2.65. The highest BCUT2D eigenvalue weighted by molar-refractivity contribution is 7.92. The Balaban J connectivity index is 2.53. The van der Waals surface area contributed by atoms with Crippen LogP contribution in [-0.4, -0.2) is 29.5 Å². The number of hydrogen-bond donors (Lipinski definition) is 2. The summed E-state index contributed by atoms with van der Waals surface area (Å²) < 4.78 is 31.8. The normalized spacial score (nSPS) is 11.3. The second-order valence-electron chi connectivity index (χ2n) is 3.96. The minimum absolute atomic E-state index is 0.00393. The van der Waals surface area contributed by atoms with Crippen LogP contribution in [0, 0.1) is 13.8 Å². The number of aromatic carboxylic acids is 1. The number of nitrogens with one attached hydrogen (secondary N) is 1. The first kappa shape index (κ1) is 14.0. The number of rotatable bonds is 4. The van der Waals surface area contributed by atoms with E-state index >= 15 is 0 Å². The van der Waals surface area contributed by atoms with E-state index in [1.54, 1.807) is 0 Å². The third kappa shape index (κ3) is 2.48. The Hall–Kier alpha value is -2.42. The third-order valence-corrected chi connectivity index (χ3v) is 4.03. The fourth-order valence-corrected chi connectivity index (χ4v) is 3.23. The van der Waals surface area contributed by atoms with Crippen molar-refractivity contribution in [1.82, 2.24) is 9.97 Å². The third-order valence-electron chi connectivity index (χ3n) is 2.50. The van der Waals surface area contributed by atoms with E-state index in [4.69, 9.17) is 9.52 Å². The molecule has 0 amide bonds. The van der Waals surface area contributed by atoms with Crippen molar-refractivity contribution >= 4 is 21.7 Å². The van der Waals surface area contributed by atoms with Crippen molar-refractivity contribution in [1.29, 1.82) is 0 Å². The lowest BCUT2D eigenvalue weighted by atomic mass is 10.2. The summed E-state index contributed by atoms with van der Waals surface area (Å²) in [5.41, 5.74) is -0.256. The molecule has 0 aliphatic carbocycles. The van der Waals surface area contributed by atoms with Crippen LogP contribution in [0.1, 0.15) is 21.9 Å². The van der Waals surface area contributed by atoms with Crippen LogP contribution in [-0.2, 0) is 10.0 Å². The van der Waals surface area contributed by atoms with Gasteiger partial charge in [0.25, 0.3) is 10.0 Å². The summed E-state index contributed by atoms with van der Waals surface area (Å²) in [6, 6.07) is 0. The molecule has 0 saturated heterocycles. The van der Waals surface area contributed by atoms with Crippen molar-refractivity contribution in [2.75, 3.05) is 4.72 Å². The van der Waals surface area contributed by atoms with E-state index in [0.29, 0.717) is 0 Å². The largest absolute Gasteiger partial charge is 0.478 e. The van der Waals surface area contributed by atoms with E-state index in [-0.39, 0.29) is 22.8 Å². The highest BCUT2D eigenvalue weighted by atomic mass is 32.2. The number of hydrogen-bond acceptors (Lipinski definition) is 6. The molecule has 0 bridgehead atoms. The molecule has 0 radical (unpaired) electrons. The number of anilines is 1. The first-order valence-electron chi connectivity index (χ1n) is 5.44. The number of carbonyl (C=O) groups is 1. The van der Waals surface area contributed by atoms with Gasteiger partial charge >= 0.3 is 5.97 Å². The molecule has 0 aliphatic rings. The van der Waals surface area contributed by atoms with Crippen LogP contribution in [0.5, 0.6) is 0 Å². The van der Waals surface area contributed by atoms with Crippen LogP contribution in [0.4, 0.5) is 5.69 Å². The maximum absolute atomic E-state index is 12.3. The fourth-order valence-electron chi connectivity index (χ4n) is 1.79. The molecule has 0 fully saturated rings. The molecule has 0 atom stereocenters. The number of nitrogens with zero attached hydrogens (tertiary/aromatic N) is 2. The van der Waals surface area contributed by atoms with Gasteiger partial charge in [-0.05, 0) is 13.8 Å². The number of furan rings is 1. The topological polar surface area (TPSA) is 122 Å². The van der Waals surface area contributed by atoms with E-state index < -0.39 is 20.9 Å². The van der Waals surface area contributed by atoms with Gasteiger partial charge in [-0.3, -0.25) is 4.72 Å². The molecule has 0 saturated carbocycles. The van der Waals surface area contributed by atoms with Gasteiger partial charge in [0.2, 0.25) is 0 Å². The van der Waals surface area contributed by atoms with Crippen LogP contribution < -0.4 is 4.72 Å². The van der Waals surface area contributed by atoms with Crippen LogP contribution in [0.3, 0.4) is 0 Å². The molecule has 106 valence electrons. The summed E-state index contributed by atoms with van der Waals surface area (Å²) >= 11 is 0. The van der Waals surface area contributed by atoms with Gasteiger partial charge in [-0.2, -0.15) is 0 Å². The zero-order valence-electron chi connectivity index (χ0n) is 10.6. The van der Waals surface area contributed by atoms with E-state index in [1.807, 2.05) is 0 Å². The van der Waals surface area contributed by atoms with Crippen LogP contribution in [0.15, 0.2) is 28.0 Å². The van der Waals surface area contributed by atoms with Gasteiger partial charge in [0.1, 0.15) is 28.3 Å². The van der Waals surface area contributed by atoms with Crippen molar-refractivity contribution < 1.29 is 22.7 Å². The van der Waals surface area contributed by atoms with Crippen LogP contribution in [0.25, 0.3) is 0 Å². The van der Waals surface area contributed by atoms with Crippen molar-refractivity contribution in [2.45, 2.75) is 18.7 Å². The zero-order chi connectivity index (χ0) is 14.9. The molecule has 2 heterocycles. The molecule has 2 aromatic rings. The maximum atomic E-state index is 12.3. The average molecular weight is 297 g/mol. The summed E-state index contributed by atoms with van der Waals surface area (Å²) in [5, 5.41) is 9.11. The Kier molecular flexibility index (Phi) is 3.45. The van der Waals surface area contributed by atoms with Gasteiger partial charge < -0.3 is 9.52 Å². The van der Waals surface area contributed by atoms with Crippen LogP contribution >= 0.6 is 0 Å². The predicted molar refractivity (Wildman–Crippen MR) is 68.0 cm³/mol. The highest BCUT2D eigenvalue weighted by Gasteiger charge is 2.30. The van der Waals surface area contributed by atoms with Gasteiger partial charge in [0, 0.05) is 0 Å².